The fourth-order valence-corrected chi connectivity index (χ4v) is 2.60. The second kappa shape index (κ2) is 6.19. The molecule has 0 aromatic carbocycles. The Balaban J connectivity index is 2.63. The van der Waals surface area contributed by atoms with Crippen LogP contribution >= 0.6 is 11.6 Å². The molecule has 0 saturated carbocycles. The van der Waals surface area contributed by atoms with Crippen LogP contribution in [0, 0.1) is 0 Å². The molecule has 0 fully saturated rings. The normalized spacial score (nSPS) is 12.8. The minimum Gasteiger partial charge on any atom is -0.479 e. The van der Waals surface area contributed by atoms with Gasteiger partial charge < -0.3 is 9.30 Å². The van der Waals surface area contributed by atoms with E-state index in [1.54, 1.807) is 7.11 Å². The molecule has 19 heavy (non-hydrogen) atoms. The van der Waals surface area contributed by atoms with Gasteiger partial charge in [0, 0.05) is 6.04 Å². The van der Waals surface area contributed by atoms with Crippen LogP contribution in [0.4, 0.5) is 0 Å². The number of imidazole rings is 1. The molecule has 1 atom stereocenters. The summed E-state index contributed by atoms with van der Waals surface area (Å²) in [6, 6.07) is 0.364. The first-order valence-electron chi connectivity index (χ1n) is 6.58. The van der Waals surface area contributed by atoms with Crippen LogP contribution < -0.4 is 4.74 Å². The number of methoxy groups -OCH3 is 1. The summed E-state index contributed by atoms with van der Waals surface area (Å²) < 4.78 is 7.38. The summed E-state index contributed by atoms with van der Waals surface area (Å²) in [6.45, 7) is 4.35. The van der Waals surface area contributed by atoms with E-state index < -0.39 is 0 Å². The zero-order valence-corrected chi connectivity index (χ0v) is 12.3. The van der Waals surface area contributed by atoms with E-state index in [0.29, 0.717) is 23.3 Å². The third-order valence-corrected chi connectivity index (χ3v) is 3.53. The fourth-order valence-electron chi connectivity index (χ4n) is 2.41. The molecule has 0 aliphatic carbocycles. The van der Waals surface area contributed by atoms with Gasteiger partial charge in [-0.15, -0.1) is 11.6 Å². The van der Waals surface area contributed by atoms with Gasteiger partial charge in [0.25, 0.3) is 0 Å². The molecule has 2 aromatic heterocycles. The number of hydrogen-bond acceptors (Lipinski definition) is 4. The van der Waals surface area contributed by atoms with Crippen LogP contribution in [0.5, 0.6) is 5.88 Å². The summed E-state index contributed by atoms with van der Waals surface area (Å²) in [5.41, 5.74) is 1.50. The molecular formula is C13H19ClN4O. The second-order valence-corrected chi connectivity index (χ2v) is 4.70. The third-order valence-electron chi connectivity index (χ3n) is 3.29. The molecule has 2 heterocycles. The second-order valence-electron chi connectivity index (χ2n) is 4.44. The van der Waals surface area contributed by atoms with Gasteiger partial charge in [-0.05, 0) is 12.8 Å². The monoisotopic (exact) mass is 282 g/mol. The summed E-state index contributed by atoms with van der Waals surface area (Å²) in [5.74, 6) is 1.69. The van der Waals surface area contributed by atoms with Gasteiger partial charge in [-0.2, -0.15) is 4.98 Å². The first-order valence-corrected chi connectivity index (χ1v) is 7.11. The molecule has 5 nitrogen and oxygen atoms in total. The molecule has 0 N–H and O–H groups in total. The van der Waals surface area contributed by atoms with Gasteiger partial charge in [0.2, 0.25) is 5.88 Å². The SMILES string of the molecule is CCCC(CC)n1c(CCl)nc2c(OC)ncnc21. The summed E-state index contributed by atoms with van der Waals surface area (Å²) in [4.78, 5) is 13.0. The topological polar surface area (TPSA) is 52.8 Å². The Morgan fingerprint density at radius 3 is 2.74 bits per heavy atom. The lowest BCUT2D eigenvalue weighted by molar-refractivity contribution is 0.401. The van der Waals surface area contributed by atoms with E-state index in [4.69, 9.17) is 16.3 Å². The number of rotatable bonds is 6. The molecule has 2 aromatic rings. The van der Waals surface area contributed by atoms with Crippen molar-refractivity contribution in [1.82, 2.24) is 19.5 Å². The first kappa shape index (κ1) is 14.1. The van der Waals surface area contributed by atoms with Crippen molar-refractivity contribution in [3.8, 4) is 5.88 Å². The van der Waals surface area contributed by atoms with Crippen molar-refractivity contribution in [1.29, 1.82) is 0 Å². The van der Waals surface area contributed by atoms with Crippen molar-refractivity contribution in [2.24, 2.45) is 0 Å². The van der Waals surface area contributed by atoms with E-state index in [9.17, 15) is 0 Å². The quantitative estimate of drug-likeness (QED) is 0.763. The number of ether oxygens (including phenoxy) is 1. The Bertz CT molecular complexity index is 555. The number of hydrogen-bond donors (Lipinski definition) is 0. The van der Waals surface area contributed by atoms with Crippen molar-refractivity contribution in [2.45, 2.75) is 45.0 Å². The lowest BCUT2D eigenvalue weighted by Gasteiger charge is -2.18. The molecule has 0 aliphatic rings. The highest BCUT2D eigenvalue weighted by Crippen LogP contribution is 2.29. The van der Waals surface area contributed by atoms with E-state index in [1.807, 2.05) is 0 Å². The zero-order chi connectivity index (χ0) is 13.8. The average Bonchev–Trinajstić information content (AvgIpc) is 2.83. The average molecular weight is 283 g/mol. The largest absolute Gasteiger partial charge is 0.479 e. The van der Waals surface area contributed by atoms with Gasteiger partial charge in [-0.3, -0.25) is 0 Å². The minimum atomic E-state index is 0.361. The molecule has 0 aliphatic heterocycles. The maximum Gasteiger partial charge on any atom is 0.245 e. The van der Waals surface area contributed by atoms with E-state index in [-0.39, 0.29) is 0 Å². The van der Waals surface area contributed by atoms with Crippen molar-refractivity contribution in [2.75, 3.05) is 7.11 Å². The highest BCUT2D eigenvalue weighted by molar-refractivity contribution is 6.16. The lowest BCUT2D eigenvalue weighted by Crippen LogP contribution is -2.11. The molecule has 104 valence electrons. The number of nitrogens with zero attached hydrogens (tertiary/aromatic N) is 4. The Morgan fingerprint density at radius 1 is 1.37 bits per heavy atom. The van der Waals surface area contributed by atoms with Crippen LogP contribution in [0.2, 0.25) is 0 Å². The van der Waals surface area contributed by atoms with Crippen LogP contribution in [0.15, 0.2) is 6.33 Å². The minimum absolute atomic E-state index is 0.361. The third kappa shape index (κ3) is 2.52. The van der Waals surface area contributed by atoms with Gasteiger partial charge >= 0.3 is 0 Å². The van der Waals surface area contributed by atoms with Gasteiger partial charge in [0.05, 0.1) is 13.0 Å². The molecule has 0 spiro atoms. The Hall–Kier alpha value is -1.36. The van der Waals surface area contributed by atoms with Crippen molar-refractivity contribution >= 4 is 22.8 Å². The molecule has 1 unspecified atom stereocenters. The van der Waals surface area contributed by atoms with E-state index in [2.05, 4.69) is 33.4 Å². The maximum atomic E-state index is 6.03. The fraction of sp³-hybridized carbons (Fsp3) is 0.615. The maximum absolute atomic E-state index is 6.03. The highest BCUT2D eigenvalue weighted by atomic mass is 35.5. The zero-order valence-electron chi connectivity index (χ0n) is 11.6. The Kier molecular flexibility index (Phi) is 4.58. The van der Waals surface area contributed by atoms with Crippen LogP contribution in [-0.2, 0) is 5.88 Å². The molecule has 2 rings (SSSR count). The van der Waals surface area contributed by atoms with Gasteiger partial charge in [0.1, 0.15) is 12.2 Å². The Morgan fingerprint density at radius 2 is 2.16 bits per heavy atom. The first-order chi connectivity index (χ1) is 9.26. The van der Waals surface area contributed by atoms with Crippen LogP contribution in [-0.4, -0.2) is 26.6 Å². The molecular weight excluding hydrogens is 264 g/mol. The molecule has 0 radical (unpaired) electrons. The van der Waals surface area contributed by atoms with Gasteiger partial charge in [-0.1, -0.05) is 20.3 Å². The number of halogens is 1. The summed E-state index contributed by atoms with van der Waals surface area (Å²) in [7, 11) is 1.59. The lowest BCUT2D eigenvalue weighted by atomic mass is 10.1. The summed E-state index contributed by atoms with van der Waals surface area (Å²) in [5, 5.41) is 0. The molecule has 0 bridgehead atoms. The molecule has 6 heteroatoms. The molecule has 0 amide bonds. The number of fused-ring (bicyclic) bond motifs is 1. The molecule has 0 saturated heterocycles. The number of aromatic nitrogens is 4. The highest BCUT2D eigenvalue weighted by Gasteiger charge is 2.20. The van der Waals surface area contributed by atoms with Gasteiger partial charge in [-0.25, -0.2) is 9.97 Å². The predicted octanol–water partition coefficient (Wildman–Crippen LogP) is 3.32. The van der Waals surface area contributed by atoms with Crippen LogP contribution in [0.25, 0.3) is 11.2 Å². The summed E-state index contributed by atoms with van der Waals surface area (Å²) in [6.07, 6.45) is 4.73. The van der Waals surface area contributed by atoms with Crippen LogP contribution in [0.3, 0.4) is 0 Å². The van der Waals surface area contributed by atoms with Crippen LogP contribution in [0.1, 0.15) is 45.0 Å². The summed E-state index contributed by atoms with van der Waals surface area (Å²) >= 11 is 6.03. The Labute approximate surface area is 118 Å². The number of alkyl halides is 1. The predicted molar refractivity (Wildman–Crippen MR) is 75.7 cm³/mol. The standard InChI is InChI=1S/C13H19ClN4O/c1-4-6-9(5-2)18-10(7-14)17-11-12(18)15-8-16-13(11)19-3/h8-9H,4-7H2,1-3H3. The van der Waals surface area contributed by atoms with E-state index >= 15 is 0 Å². The van der Waals surface area contributed by atoms with Gasteiger partial charge in [0.15, 0.2) is 11.2 Å². The van der Waals surface area contributed by atoms with Crippen molar-refractivity contribution < 1.29 is 4.74 Å². The van der Waals surface area contributed by atoms with E-state index in [1.165, 1.54) is 6.33 Å². The van der Waals surface area contributed by atoms with E-state index in [0.717, 1.165) is 30.7 Å². The van der Waals surface area contributed by atoms with Crippen molar-refractivity contribution in [3.63, 3.8) is 0 Å². The van der Waals surface area contributed by atoms with Crippen molar-refractivity contribution in [3.05, 3.63) is 12.2 Å². The smallest absolute Gasteiger partial charge is 0.245 e.